The molecule has 1 heterocycles. The van der Waals surface area contributed by atoms with E-state index < -0.39 is 11.7 Å². The summed E-state index contributed by atoms with van der Waals surface area (Å²) in [7, 11) is 0. The maximum absolute atomic E-state index is 13.9. The van der Waals surface area contributed by atoms with Crippen LogP contribution in [0, 0.1) is 24.6 Å². The van der Waals surface area contributed by atoms with E-state index in [1.807, 2.05) is 0 Å². The van der Waals surface area contributed by atoms with Crippen LogP contribution in [0.5, 0.6) is 0 Å². The number of nitrogens with zero attached hydrogens (tertiary/aromatic N) is 1. The number of aromatic nitrogens is 1. The van der Waals surface area contributed by atoms with Gasteiger partial charge in [0.1, 0.15) is 5.82 Å². The molecule has 6 heteroatoms. The molecule has 0 fully saturated rings. The van der Waals surface area contributed by atoms with Crippen LogP contribution in [0.4, 0.5) is 4.39 Å². The van der Waals surface area contributed by atoms with Gasteiger partial charge >= 0.3 is 0 Å². The number of carbonyl (C=O) groups is 1. The Morgan fingerprint density at radius 1 is 1.48 bits per heavy atom. The van der Waals surface area contributed by atoms with Gasteiger partial charge in [0.25, 0.3) is 5.91 Å². The van der Waals surface area contributed by atoms with E-state index >= 15 is 0 Å². The molecule has 2 aromatic rings. The van der Waals surface area contributed by atoms with Gasteiger partial charge in [0, 0.05) is 11.6 Å². The average molecular weight is 287 g/mol. The normalized spacial score (nSPS) is 9.86. The summed E-state index contributed by atoms with van der Waals surface area (Å²) in [5.41, 5.74) is 6.38. The summed E-state index contributed by atoms with van der Waals surface area (Å²) >= 11 is 0. The van der Waals surface area contributed by atoms with Crippen molar-refractivity contribution in [1.29, 1.82) is 0 Å². The SMILES string of the molecule is Cc1cc(CNC(=O)c2ccc(C#CCN)cc2F)on1. The smallest absolute Gasteiger partial charge is 0.254 e. The molecule has 0 saturated heterocycles. The molecule has 5 nitrogen and oxygen atoms in total. The molecule has 1 aromatic heterocycles. The van der Waals surface area contributed by atoms with Crippen molar-refractivity contribution in [1.82, 2.24) is 10.5 Å². The zero-order valence-electron chi connectivity index (χ0n) is 11.4. The van der Waals surface area contributed by atoms with Gasteiger partial charge in [0.15, 0.2) is 5.76 Å². The van der Waals surface area contributed by atoms with Crippen LogP contribution in [-0.2, 0) is 6.54 Å². The number of nitrogens with two attached hydrogens (primary N) is 1. The fourth-order valence-corrected chi connectivity index (χ4v) is 1.69. The molecule has 0 spiro atoms. The number of nitrogens with one attached hydrogen (secondary N) is 1. The minimum atomic E-state index is -0.634. The summed E-state index contributed by atoms with van der Waals surface area (Å²) in [5.74, 6) is 4.67. The van der Waals surface area contributed by atoms with Crippen LogP contribution in [0.25, 0.3) is 0 Å². The zero-order chi connectivity index (χ0) is 15.2. The van der Waals surface area contributed by atoms with Gasteiger partial charge in [-0.25, -0.2) is 4.39 Å². The summed E-state index contributed by atoms with van der Waals surface area (Å²) < 4.78 is 18.8. The fraction of sp³-hybridized carbons (Fsp3) is 0.200. The number of halogens is 1. The average Bonchev–Trinajstić information content (AvgIpc) is 2.88. The van der Waals surface area contributed by atoms with Gasteiger partial charge in [-0.3, -0.25) is 4.79 Å². The summed E-state index contributed by atoms with van der Waals surface area (Å²) in [6.45, 7) is 2.11. The number of hydrogen-bond acceptors (Lipinski definition) is 4. The first-order valence-corrected chi connectivity index (χ1v) is 6.29. The molecule has 1 amide bonds. The van der Waals surface area contributed by atoms with Crippen molar-refractivity contribution < 1.29 is 13.7 Å². The largest absolute Gasteiger partial charge is 0.359 e. The summed E-state index contributed by atoms with van der Waals surface area (Å²) in [5, 5.41) is 6.26. The maximum Gasteiger partial charge on any atom is 0.254 e. The molecule has 21 heavy (non-hydrogen) atoms. The van der Waals surface area contributed by atoms with E-state index in [0.717, 1.165) is 0 Å². The van der Waals surface area contributed by atoms with Crippen molar-refractivity contribution >= 4 is 5.91 Å². The molecule has 1 aromatic carbocycles. The Morgan fingerprint density at radius 2 is 2.29 bits per heavy atom. The Kier molecular flexibility index (Phi) is 4.69. The van der Waals surface area contributed by atoms with Crippen molar-refractivity contribution in [3.05, 3.63) is 52.7 Å². The standard InChI is InChI=1S/C15H14FN3O2/c1-10-7-12(21-19-10)9-18-15(20)13-5-4-11(3-2-6-17)8-14(13)16/h4-5,7-8H,6,9,17H2,1H3,(H,18,20). The molecule has 0 atom stereocenters. The predicted molar refractivity (Wildman–Crippen MR) is 74.7 cm³/mol. The Balaban J connectivity index is 2.05. The third kappa shape index (κ3) is 3.91. The quantitative estimate of drug-likeness (QED) is 0.835. The molecule has 2 rings (SSSR count). The first-order chi connectivity index (χ1) is 10.1. The topological polar surface area (TPSA) is 81.2 Å². The number of hydrogen-bond donors (Lipinski definition) is 2. The van der Waals surface area contributed by atoms with E-state index in [9.17, 15) is 9.18 Å². The minimum absolute atomic E-state index is 0.0514. The van der Waals surface area contributed by atoms with Crippen molar-refractivity contribution in [2.75, 3.05) is 6.54 Å². The lowest BCUT2D eigenvalue weighted by atomic mass is 10.1. The van der Waals surface area contributed by atoms with E-state index in [2.05, 4.69) is 22.3 Å². The third-order valence-electron chi connectivity index (χ3n) is 2.65. The van der Waals surface area contributed by atoms with E-state index in [-0.39, 0.29) is 18.7 Å². The van der Waals surface area contributed by atoms with Gasteiger partial charge in [-0.2, -0.15) is 0 Å². The monoisotopic (exact) mass is 287 g/mol. The van der Waals surface area contributed by atoms with E-state index in [1.165, 1.54) is 12.1 Å². The molecule has 0 saturated carbocycles. The number of rotatable bonds is 3. The molecule has 0 unspecified atom stereocenters. The molecular weight excluding hydrogens is 273 g/mol. The number of benzene rings is 1. The van der Waals surface area contributed by atoms with Crippen LogP contribution >= 0.6 is 0 Å². The lowest BCUT2D eigenvalue weighted by Crippen LogP contribution is -2.23. The Bertz CT molecular complexity index is 713. The van der Waals surface area contributed by atoms with Gasteiger partial charge in [-0.1, -0.05) is 17.0 Å². The molecular formula is C15H14FN3O2. The molecule has 3 N–H and O–H groups in total. The minimum Gasteiger partial charge on any atom is -0.359 e. The Morgan fingerprint density at radius 3 is 2.90 bits per heavy atom. The zero-order valence-corrected chi connectivity index (χ0v) is 11.4. The van der Waals surface area contributed by atoms with Crippen LogP contribution in [0.2, 0.25) is 0 Å². The first-order valence-electron chi connectivity index (χ1n) is 6.29. The number of carbonyl (C=O) groups excluding carboxylic acids is 1. The van der Waals surface area contributed by atoms with Gasteiger partial charge in [0.2, 0.25) is 0 Å². The second-order valence-corrected chi connectivity index (χ2v) is 4.32. The second kappa shape index (κ2) is 6.68. The lowest BCUT2D eigenvalue weighted by Gasteiger charge is -2.04. The van der Waals surface area contributed by atoms with Crippen molar-refractivity contribution in [2.24, 2.45) is 5.73 Å². The molecule has 108 valence electrons. The number of amides is 1. The third-order valence-corrected chi connectivity index (χ3v) is 2.65. The second-order valence-electron chi connectivity index (χ2n) is 4.32. The highest BCUT2D eigenvalue weighted by molar-refractivity contribution is 5.94. The van der Waals surface area contributed by atoms with Crippen LogP contribution in [-0.4, -0.2) is 17.6 Å². The highest BCUT2D eigenvalue weighted by atomic mass is 19.1. The molecule has 0 radical (unpaired) electrons. The van der Waals surface area contributed by atoms with Gasteiger partial charge in [0.05, 0.1) is 24.3 Å². The Hall–Kier alpha value is -2.65. The number of aryl methyl sites for hydroxylation is 1. The van der Waals surface area contributed by atoms with Crippen LogP contribution in [0.1, 0.15) is 27.4 Å². The highest BCUT2D eigenvalue weighted by Crippen LogP contribution is 2.10. The van der Waals surface area contributed by atoms with Crippen LogP contribution in [0.15, 0.2) is 28.8 Å². The van der Waals surface area contributed by atoms with Gasteiger partial charge in [-0.05, 0) is 25.1 Å². The first kappa shape index (κ1) is 14.8. The van der Waals surface area contributed by atoms with Gasteiger partial charge in [-0.15, -0.1) is 0 Å². The van der Waals surface area contributed by atoms with E-state index in [1.54, 1.807) is 19.1 Å². The van der Waals surface area contributed by atoms with Gasteiger partial charge < -0.3 is 15.6 Å². The maximum atomic E-state index is 13.9. The summed E-state index contributed by atoms with van der Waals surface area (Å²) in [4.78, 5) is 11.9. The van der Waals surface area contributed by atoms with Crippen molar-refractivity contribution in [2.45, 2.75) is 13.5 Å². The van der Waals surface area contributed by atoms with E-state index in [4.69, 9.17) is 10.3 Å². The molecule has 0 aliphatic carbocycles. The Labute approximate surface area is 121 Å². The molecule has 0 aliphatic heterocycles. The molecule has 0 aliphatic rings. The fourth-order valence-electron chi connectivity index (χ4n) is 1.69. The summed E-state index contributed by atoms with van der Waals surface area (Å²) in [6, 6.07) is 5.86. The molecule has 0 bridgehead atoms. The predicted octanol–water partition coefficient (Wildman–Crippen LogP) is 1.36. The summed E-state index contributed by atoms with van der Waals surface area (Å²) in [6.07, 6.45) is 0. The van der Waals surface area contributed by atoms with Crippen LogP contribution < -0.4 is 11.1 Å². The van der Waals surface area contributed by atoms with Crippen molar-refractivity contribution in [3.63, 3.8) is 0 Å². The van der Waals surface area contributed by atoms with Crippen LogP contribution in [0.3, 0.4) is 0 Å². The van der Waals surface area contributed by atoms with Crippen molar-refractivity contribution in [3.8, 4) is 11.8 Å². The van der Waals surface area contributed by atoms with E-state index in [0.29, 0.717) is 17.0 Å². The highest BCUT2D eigenvalue weighted by Gasteiger charge is 2.12. The lowest BCUT2D eigenvalue weighted by molar-refractivity contribution is 0.0943.